The van der Waals surface area contributed by atoms with Gasteiger partial charge in [0.05, 0.1) is 5.69 Å². The Bertz CT molecular complexity index is 485. The third-order valence-electron chi connectivity index (χ3n) is 2.14. The van der Waals surface area contributed by atoms with E-state index in [0.29, 0.717) is 5.82 Å². The number of anilines is 3. The predicted octanol–water partition coefficient (Wildman–Crippen LogP) is 3.13. The van der Waals surface area contributed by atoms with Gasteiger partial charge in [-0.1, -0.05) is 18.2 Å². The molecule has 2 rings (SSSR count). The number of rotatable bonds is 3. The van der Waals surface area contributed by atoms with Gasteiger partial charge >= 0.3 is 0 Å². The molecule has 1 aromatic heterocycles. The Morgan fingerprint density at radius 2 is 1.94 bits per heavy atom. The Balaban J connectivity index is 2.26. The molecule has 0 atom stereocenters. The van der Waals surface area contributed by atoms with Crippen molar-refractivity contribution in [1.29, 1.82) is 0 Å². The summed E-state index contributed by atoms with van der Waals surface area (Å²) < 4.78 is 0. The number of hydrogen-bond acceptors (Lipinski definition) is 4. The maximum absolute atomic E-state index is 5.63. The van der Waals surface area contributed by atoms with Crippen molar-refractivity contribution in [2.24, 2.45) is 0 Å². The Kier molecular flexibility index (Phi) is 3.31. The number of para-hydroxylation sites is 1. The van der Waals surface area contributed by atoms with Gasteiger partial charge in [0.15, 0.2) is 0 Å². The van der Waals surface area contributed by atoms with Crippen molar-refractivity contribution >= 4 is 29.1 Å². The fourth-order valence-corrected chi connectivity index (χ4v) is 1.96. The average Bonchev–Trinajstić information content (AvgIpc) is 2.30. The van der Waals surface area contributed by atoms with E-state index in [4.69, 9.17) is 5.73 Å². The summed E-state index contributed by atoms with van der Waals surface area (Å²) in [6.45, 7) is 0. The molecule has 0 amide bonds. The van der Waals surface area contributed by atoms with Gasteiger partial charge in [-0.3, -0.25) is 0 Å². The van der Waals surface area contributed by atoms with Gasteiger partial charge in [0.2, 0.25) is 0 Å². The van der Waals surface area contributed by atoms with Crippen molar-refractivity contribution in [2.45, 2.75) is 4.90 Å². The number of hydrogen-bond donors (Lipinski definition) is 2. The van der Waals surface area contributed by atoms with E-state index >= 15 is 0 Å². The van der Waals surface area contributed by atoms with Crippen LogP contribution in [0.1, 0.15) is 0 Å². The van der Waals surface area contributed by atoms with Crippen LogP contribution >= 0.6 is 11.8 Å². The average molecular weight is 231 g/mol. The molecule has 0 saturated heterocycles. The maximum atomic E-state index is 5.63. The number of nitrogens with one attached hydrogen (secondary N) is 1. The molecule has 3 nitrogen and oxygen atoms in total. The van der Waals surface area contributed by atoms with E-state index < -0.39 is 0 Å². The summed E-state index contributed by atoms with van der Waals surface area (Å²) in [7, 11) is 0. The number of pyridine rings is 1. The normalized spacial score (nSPS) is 10.1. The Labute approximate surface area is 99.1 Å². The molecule has 0 bridgehead atoms. The van der Waals surface area contributed by atoms with Crippen molar-refractivity contribution in [3.8, 4) is 0 Å². The largest absolute Gasteiger partial charge is 0.384 e. The first-order valence-electron chi connectivity index (χ1n) is 4.92. The van der Waals surface area contributed by atoms with E-state index in [-0.39, 0.29) is 0 Å². The molecule has 0 radical (unpaired) electrons. The lowest BCUT2D eigenvalue weighted by atomic mass is 10.3. The van der Waals surface area contributed by atoms with Crippen molar-refractivity contribution in [2.75, 3.05) is 17.3 Å². The molecule has 3 N–H and O–H groups in total. The molecule has 0 spiro atoms. The zero-order valence-electron chi connectivity index (χ0n) is 8.97. The second kappa shape index (κ2) is 4.90. The van der Waals surface area contributed by atoms with Crippen molar-refractivity contribution < 1.29 is 0 Å². The van der Waals surface area contributed by atoms with E-state index in [9.17, 15) is 0 Å². The fraction of sp³-hybridized carbons (Fsp3) is 0.0833. The topological polar surface area (TPSA) is 50.9 Å². The third-order valence-corrected chi connectivity index (χ3v) is 2.94. The molecule has 0 fully saturated rings. The molecular formula is C12H13N3S. The number of nitrogens with zero attached hydrogens (tertiary/aromatic N) is 1. The number of thioether (sulfide) groups is 1. The zero-order chi connectivity index (χ0) is 11.4. The second-order valence-electron chi connectivity index (χ2n) is 3.27. The summed E-state index contributed by atoms with van der Waals surface area (Å²) in [4.78, 5) is 5.39. The molecule has 4 heteroatoms. The number of benzene rings is 1. The van der Waals surface area contributed by atoms with Crippen LogP contribution < -0.4 is 11.1 Å². The maximum Gasteiger partial charge on any atom is 0.132 e. The summed E-state index contributed by atoms with van der Waals surface area (Å²) in [5, 5.41) is 3.25. The smallest absolute Gasteiger partial charge is 0.132 e. The summed E-state index contributed by atoms with van der Waals surface area (Å²) in [5.41, 5.74) is 6.68. The molecule has 0 saturated carbocycles. The van der Waals surface area contributed by atoms with Gasteiger partial charge in [-0.05, 0) is 30.5 Å². The minimum atomic E-state index is 0.520. The number of aromatic nitrogens is 1. The summed E-state index contributed by atoms with van der Waals surface area (Å²) >= 11 is 1.70. The summed E-state index contributed by atoms with van der Waals surface area (Å²) in [6, 6.07) is 13.7. The lowest BCUT2D eigenvalue weighted by molar-refractivity contribution is 1.30. The lowest BCUT2D eigenvalue weighted by Gasteiger charge is -2.09. The Morgan fingerprint density at radius 1 is 1.12 bits per heavy atom. The fourth-order valence-electron chi connectivity index (χ4n) is 1.41. The van der Waals surface area contributed by atoms with Gasteiger partial charge in [-0.25, -0.2) is 4.98 Å². The molecule has 0 aliphatic carbocycles. The van der Waals surface area contributed by atoms with E-state index in [1.807, 2.05) is 36.6 Å². The van der Waals surface area contributed by atoms with Gasteiger partial charge < -0.3 is 11.1 Å². The molecule has 16 heavy (non-hydrogen) atoms. The van der Waals surface area contributed by atoms with Crippen LogP contribution in [-0.4, -0.2) is 11.2 Å². The minimum Gasteiger partial charge on any atom is -0.384 e. The van der Waals surface area contributed by atoms with Gasteiger partial charge in [0, 0.05) is 4.90 Å². The molecule has 1 heterocycles. The molecule has 1 aromatic carbocycles. The van der Waals surface area contributed by atoms with Crippen LogP contribution in [0.4, 0.5) is 17.3 Å². The van der Waals surface area contributed by atoms with Crippen LogP contribution in [0.2, 0.25) is 0 Å². The van der Waals surface area contributed by atoms with E-state index in [1.165, 1.54) is 4.90 Å². The van der Waals surface area contributed by atoms with Crippen LogP contribution in [0.25, 0.3) is 0 Å². The second-order valence-corrected chi connectivity index (χ2v) is 4.12. The van der Waals surface area contributed by atoms with Crippen LogP contribution in [-0.2, 0) is 0 Å². The molecule has 0 unspecified atom stereocenters. The minimum absolute atomic E-state index is 0.520. The van der Waals surface area contributed by atoms with Gasteiger partial charge in [0.25, 0.3) is 0 Å². The highest BCUT2D eigenvalue weighted by Gasteiger charge is 2.01. The van der Waals surface area contributed by atoms with Crippen LogP contribution in [0.15, 0.2) is 47.4 Å². The first-order valence-corrected chi connectivity index (χ1v) is 6.14. The van der Waals surface area contributed by atoms with E-state index in [1.54, 1.807) is 17.8 Å². The SMILES string of the molecule is CSc1ccccc1Nc1cccc(N)n1. The standard InChI is InChI=1S/C12H13N3S/c1-16-10-6-3-2-5-9(10)14-12-8-4-7-11(13)15-12/h2-8H,1H3,(H3,13,14,15). The quantitative estimate of drug-likeness (QED) is 0.797. The highest BCUT2D eigenvalue weighted by molar-refractivity contribution is 7.98. The molecule has 82 valence electrons. The van der Waals surface area contributed by atoms with Crippen LogP contribution in [0, 0.1) is 0 Å². The van der Waals surface area contributed by atoms with E-state index in [0.717, 1.165) is 11.5 Å². The summed E-state index contributed by atoms with van der Waals surface area (Å²) in [5.74, 6) is 1.29. The highest BCUT2D eigenvalue weighted by atomic mass is 32.2. The lowest BCUT2D eigenvalue weighted by Crippen LogP contribution is -1.97. The molecule has 0 aliphatic rings. The van der Waals surface area contributed by atoms with Crippen molar-refractivity contribution in [3.63, 3.8) is 0 Å². The number of nitrogens with two attached hydrogens (primary N) is 1. The molecule has 2 aromatic rings. The Hall–Kier alpha value is -1.68. The highest BCUT2D eigenvalue weighted by Crippen LogP contribution is 2.27. The van der Waals surface area contributed by atoms with Gasteiger partial charge in [0.1, 0.15) is 11.6 Å². The Morgan fingerprint density at radius 3 is 2.69 bits per heavy atom. The van der Waals surface area contributed by atoms with Gasteiger partial charge in [-0.2, -0.15) is 0 Å². The first-order chi connectivity index (χ1) is 7.79. The predicted molar refractivity (Wildman–Crippen MR) is 70.2 cm³/mol. The summed E-state index contributed by atoms with van der Waals surface area (Å²) in [6.07, 6.45) is 2.05. The molecular weight excluding hydrogens is 218 g/mol. The first kappa shape index (κ1) is 10.8. The monoisotopic (exact) mass is 231 g/mol. The molecule has 0 aliphatic heterocycles. The van der Waals surface area contributed by atoms with Gasteiger partial charge in [-0.15, -0.1) is 11.8 Å². The van der Waals surface area contributed by atoms with Crippen molar-refractivity contribution in [1.82, 2.24) is 4.98 Å². The van der Waals surface area contributed by atoms with Crippen molar-refractivity contribution in [3.05, 3.63) is 42.5 Å². The third kappa shape index (κ3) is 2.46. The van der Waals surface area contributed by atoms with E-state index in [2.05, 4.69) is 16.4 Å². The van der Waals surface area contributed by atoms with Crippen LogP contribution in [0.3, 0.4) is 0 Å². The number of nitrogen functional groups attached to an aromatic ring is 1. The van der Waals surface area contributed by atoms with Crippen LogP contribution in [0.5, 0.6) is 0 Å². The zero-order valence-corrected chi connectivity index (χ0v) is 9.79.